The maximum absolute atomic E-state index is 12.8. The van der Waals surface area contributed by atoms with Gasteiger partial charge in [-0.15, -0.1) is 0 Å². The molecule has 2 aromatic carbocycles. The predicted octanol–water partition coefficient (Wildman–Crippen LogP) is 4.20. The number of para-hydroxylation sites is 1. The molecule has 0 fully saturated rings. The Morgan fingerprint density at radius 3 is 2.82 bits per heavy atom. The molecule has 136 valence electrons. The molecule has 0 unspecified atom stereocenters. The fourth-order valence-corrected chi connectivity index (χ4v) is 3.40. The maximum atomic E-state index is 12.8. The van der Waals surface area contributed by atoms with E-state index in [-0.39, 0.29) is 12.2 Å². The first kappa shape index (κ1) is 16.4. The summed E-state index contributed by atoms with van der Waals surface area (Å²) < 4.78 is 7.16. The summed E-state index contributed by atoms with van der Waals surface area (Å²) in [5.74, 6) is -0.0439. The lowest BCUT2D eigenvalue weighted by Gasteiger charge is -2.05. The molecule has 0 bridgehead atoms. The lowest BCUT2D eigenvalue weighted by Crippen LogP contribution is -2.05. The van der Waals surface area contributed by atoms with Crippen molar-refractivity contribution in [3.05, 3.63) is 78.7 Å². The summed E-state index contributed by atoms with van der Waals surface area (Å²) in [6.07, 6.45) is 7.18. The van der Waals surface area contributed by atoms with Crippen LogP contribution in [0.3, 0.4) is 0 Å². The Bertz CT molecular complexity index is 1330. The molecule has 6 nitrogen and oxygen atoms in total. The minimum atomic E-state index is -0.0439. The highest BCUT2D eigenvalue weighted by atomic mass is 16.3. The van der Waals surface area contributed by atoms with Gasteiger partial charge in [-0.25, -0.2) is 4.98 Å². The van der Waals surface area contributed by atoms with Crippen molar-refractivity contribution in [1.82, 2.24) is 19.7 Å². The van der Waals surface area contributed by atoms with Crippen molar-refractivity contribution in [2.75, 3.05) is 0 Å². The quantitative estimate of drug-likeness (QED) is 0.445. The molecule has 6 heteroatoms. The highest BCUT2D eigenvalue weighted by molar-refractivity contribution is 6.06. The lowest BCUT2D eigenvalue weighted by atomic mass is 10.0. The first-order valence-electron chi connectivity index (χ1n) is 8.90. The van der Waals surface area contributed by atoms with Gasteiger partial charge < -0.3 is 4.42 Å². The molecule has 0 radical (unpaired) electrons. The number of nitrogens with zero attached hydrogens (tertiary/aromatic N) is 4. The average Bonchev–Trinajstić information content (AvgIpc) is 3.36. The van der Waals surface area contributed by atoms with Gasteiger partial charge in [0.05, 0.1) is 18.2 Å². The van der Waals surface area contributed by atoms with Gasteiger partial charge in [0, 0.05) is 36.1 Å². The highest BCUT2D eigenvalue weighted by Gasteiger charge is 2.15. The molecule has 3 aromatic heterocycles. The summed E-state index contributed by atoms with van der Waals surface area (Å²) >= 11 is 0. The molecule has 3 heterocycles. The number of carbonyl (C=O) groups excluding carboxylic acids is 1. The van der Waals surface area contributed by atoms with Gasteiger partial charge in [-0.1, -0.05) is 18.2 Å². The van der Waals surface area contributed by atoms with Crippen LogP contribution in [0, 0.1) is 0 Å². The van der Waals surface area contributed by atoms with Crippen molar-refractivity contribution in [3.8, 4) is 11.1 Å². The Kier molecular flexibility index (Phi) is 3.76. The third-order valence-corrected chi connectivity index (χ3v) is 4.82. The number of pyridine rings is 1. The van der Waals surface area contributed by atoms with Crippen LogP contribution in [-0.4, -0.2) is 25.5 Å². The molecule has 0 aliphatic carbocycles. The van der Waals surface area contributed by atoms with Crippen LogP contribution in [0.15, 0.2) is 71.9 Å². The molecule has 0 amide bonds. The summed E-state index contributed by atoms with van der Waals surface area (Å²) in [7, 11) is 1.90. The van der Waals surface area contributed by atoms with E-state index in [2.05, 4.69) is 27.2 Å². The first-order valence-corrected chi connectivity index (χ1v) is 8.90. The van der Waals surface area contributed by atoms with Crippen molar-refractivity contribution in [1.29, 1.82) is 0 Å². The largest absolute Gasteiger partial charge is 0.443 e. The van der Waals surface area contributed by atoms with Crippen LogP contribution < -0.4 is 0 Å². The Hall–Kier alpha value is -3.80. The van der Waals surface area contributed by atoms with Gasteiger partial charge in [0.25, 0.3) is 0 Å². The third kappa shape index (κ3) is 2.85. The fraction of sp³-hybridized carbons (Fsp3) is 0.0909. The van der Waals surface area contributed by atoms with Crippen LogP contribution in [0.5, 0.6) is 0 Å². The number of fused-ring (bicyclic) bond motifs is 2. The molecule has 0 aliphatic heterocycles. The number of carbonyl (C=O) groups is 1. The predicted molar refractivity (Wildman–Crippen MR) is 106 cm³/mol. The van der Waals surface area contributed by atoms with Crippen LogP contribution in [-0.2, 0) is 13.5 Å². The summed E-state index contributed by atoms with van der Waals surface area (Å²) in [6, 6.07) is 13.5. The number of hydrogen-bond donors (Lipinski definition) is 0. The molecule has 0 spiro atoms. The number of aryl methyl sites for hydroxylation is 1. The van der Waals surface area contributed by atoms with E-state index in [1.165, 1.54) is 6.39 Å². The van der Waals surface area contributed by atoms with Crippen molar-refractivity contribution in [2.45, 2.75) is 6.42 Å². The molecule has 0 aliphatic rings. The Morgan fingerprint density at radius 1 is 1.04 bits per heavy atom. The monoisotopic (exact) mass is 368 g/mol. The van der Waals surface area contributed by atoms with E-state index in [0.717, 1.165) is 27.6 Å². The smallest absolute Gasteiger partial charge is 0.182 e. The first-order chi connectivity index (χ1) is 13.7. The number of oxazole rings is 1. The summed E-state index contributed by atoms with van der Waals surface area (Å²) in [6.45, 7) is 0. The summed E-state index contributed by atoms with van der Waals surface area (Å²) in [4.78, 5) is 21.4. The topological polar surface area (TPSA) is 73.8 Å². The molecule has 5 rings (SSSR count). The van der Waals surface area contributed by atoms with E-state index in [0.29, 0.717) is 16.7 Å². The molecule has 0 saturated heterocycles. The SMILES string of the molecule is Cn1cc(-c2ccc3cnc(CC(=O)c4cccc5ncoc45)cc3c2)cn1. The van der Waals surface area contributed by atoms with E-state index in [9.17, 15) is 4.79 Å². The molecule has 28 heavy (non-hydrogen) atoms. The van der Waals surface area contributed by atoms with E-state index in [1.54, 1.807) is 16.9 Å². The third-order valence-electron chi connectivity index (χ3n) is 4.82. The van der Waals surface area contributed by atoms with Gasteiger partial charge in [0.15, 0.2) is 17.8 Å². The normalized spacial score (nSPS) is 11.3. The van der Waals surface area contributed by atoms with Crippen LogP contribution in [0.4, 0.5) is 0 Å². The van der Waals surface area contributed by atoms with E-state index in [1.807, 2.05) is 43.7 Å². The second kappa shape index (κ2) is 6.42. The minimum Gasteiger partial charge on any atom is -0.443 e. The van der Waals surface area contributed by atoms with E-state index >= 15 is 0 Å². The van der Waals surface area contributed by atoms with Gasteiger partial charge in [-0.2, -0.15) is 5.10 Å². The Morgan fingerprint density at radius 2 is 1.96 bits per heavy atom. The van der Waals surface area contributed by atoms with Gasteiger partial charge >= 0.3 is 0 Å². The second-order valence-corrected chi connectivity index (χ2v) is 6.75. The van der Waals surface area contributed by atoms with Gasteiger partial charge in [0.1, 0.15) is 5.52 Å². The van der Waals surface area contributed by atoms with Crippen LogP contribution in [0.25, 0.3) is 33.0 Å². The fourth-order valence-electron chi connectivity index (χ4n) is 3.40. The number of aromatic nitrogens is 4. The zero-order valence-corrected chi connectivity index (χ0v) is 15.2. The Labute approximate surface area is 160 Å². The molecular formula is C22H16N4O2. The number of rotatable bonds is 4. The number of hydrogen-bond acceptors (Lipinski definition) is 5. The number of ketones is 1. The highest BCUT2D eigenvalue weighted by Crippen LogP contribution is 2.25. The molecule has 0 N–H and O–H groups in total. The lowest BCUT2D eigenvalue weighted by molar-refractivity contribution is 0.0992. The summed E-state index contributed by atoms with van der Waals surface area (Å²) in [5, 5.41) is 6.30. The van der Waals surface area contributed by atoms with Crippen molar-refractivity contribution in [2.24, 2.45) is 7.05 Å². The molecule has 0 atom stereocenters. The number of Topliss-reactive ketones (excluding diaryl/α,β-unsaturated/α-hetero) is 1. The maximum Gasteiger partial charge on any atom is 0.182 e. The van der Waals surface area contributed by atoms with E-state index < -0.39 is 0 Å². The van der Waals surface area contributed by atoms with Crippen LogP contribution in [0.2, 0.25) is 0 Å². The van der Waals surface area contributed by atoms with Crippen LogP contribution in [0.1, 0.15) is 16.1 Å². The van der Waals surface area contributed by atoms with Crippen molar-refractivity contribution in [3.63, 3.8) is 0 Å². The second-order valence-electron chi connectivity index (χ2n) is 6.75. The Balaban J connectivity index is 1.49. The minimum absolute atomic E-state index is 0.0439. The molecular weight excluding hydrogens is 352 g/mol. The van der Waals surface area contributed by atoms with Gasteiger partial charge in [-0.3, -0.25) is 14.5 Å². The van der Waals surface area contributed by atoms with Gasteiger partial charge in [-0.05, 0) is 35.2 Å². The summed E-state index contributed by atoms with van der Waals surface area (Å²) in [5.41, 5.74) is 4.58. The van der Waals surface area contributed by atoms with Crippen LogP contribution >= 0.6 is 0 Å². The molecule has 0 saturated carbocycles. The van der Waals surface area contributed by atoms with Crippen molar-refractivity contribution < 1.29 is 9.21 Å². The standard InChI is InChI=1S/C22H16N4O2/c1-26-12-17(11-25-26)14-5-6-15-10-23-18(8-16(15)7-14)9-21(27)19-3-2-4-20-22(19)28-13-24-20/h2-8,10-13H,9H2,1H3. The zero-order valence-electron chi connectivity index (χ0n) is 15.2. The number of benzene rings is 2. The van der Waals surface area contributed by atoms with Crippen molar-refractivity contribution >= 4 is 27.7 Å². The molecule has 5 aromatic rings. The zero-order chi connectivity index (χ0) is 19.1. The average molecular weight is 368 g/mol. The van der Waals surface area contributed by atoms with Gasteiger partial charge in [0.2, 0.25) is 0 Å². The van der Waals surface area contributed by atoms with E-state index in [4.69, 9.17) is 4.42 Å².